The van der Waals surface area contributed by atoms with Crippen LogP contribution in [-0.2, 0) is 0 Å². The Hall–Kier alpha value is -0.690. The van der Waals surface area contributed by atoms with Gasteiger partial charge in [-0.05, 0) is 24.6 Å². The van der Waals surface area contributed by atoms with Gasteiger partial charge in [-0.3, -0.25) is 0 Å². The third-order valence-corrected chi connectivity index (χ3v) is 1.38. The van der Waals surface area contributed by atoms with Crippen LogP contribution < -0.4 is 5.73 Å². The predicted molar refractivity (Wildman–Crippen MR) is 39.4 cm³/mol. The Morgan fingerprint density at radius 1 is 1.67 bits per heavy atom. The first-order valence-electron chi connectivity index (χ1n) is 2.63. The molecule has 1 aromatic rings. The van der Waals surface area contributed by atoms with Crippen LogP contribution in [0.4, 0.5) is 5.69 Å². The third-order valence-electron chi connectivity index (χ3n) is 1.16. The highest BCUT2D eigenvalue weighted by Crippen LogP contribution is 2.15. The van der Waals surface area contributed by atoms with Gasteiger partial charge in [0.15, 0.2) is 0 Å². The molecule has 0 heterocycles. The van der Waals surface area contributed by atoms with Gasteiger partial charge in [0.25, 0.3) is 0 Å². The van der Waals surface area contributed by atoms with Gasteiger partial charge in [-0.25, -0.2) is 0 Å². The zero-order valence-electron chi connectivity index (χ0n) is 5.11. The van der Waals surface area contributed by atoms with Crippen molar-refractivity contribution in [1.29, 1.82) is 0 Å². The lowest BCUT2D eigenvalue weighted by Gasteiger charge is -1.96. The summed E-state index contributed by atoms with van der Waals surface area (Å²) in [4.78, 5) is 0. The number of nitrogen functional groups attached to an aromatic ring is 1. The van der Waals surface area contributed by atoms with Gasteiger partial charge in [0.05, 0.1) is 0 Å². The number of anilines is 1. The topological polar surface area (TPSA) is 26.0 Å². The maximum atomic E-state index is 5.61. The van der Waals surface area contributed by atoms with Crippen LogP contribution in [0, 0.1) is 13.0 Å². The van der Waals surface area contributed by atoms with Crippen molar-refractivity contribution in [2.45, 2.75) is 6.92 Å². The third kappa shape index (κ3) is 1.36. The predicted octanol–water partition coefficient (Wildman–Crippen LogP) is 2.03. The Labute approximate surface area is 59.4 Å². The Kier molecular flexibility index (Phi) is 1.63. The Balaban J connectivity index is 3.17. The van der Waals surface area contributed by atoms with Gasteiger partial charge >= 0.3 is 0 Å². The summed E-state index contributed by atoms with van der Waals surface area (Å²) in [5.41, 5.74) is 7.23. The van der Waals surface area contributed by atoms with Gasteiger partial charge in [-0.15, -0.1) is 0 Å². The first-order valence-corrected chi connectivity index (χ1v) is 3.01. The largest absolute Gasteiger partial charge is 0.398 e. The second-order valence-electron chi connectivity index (χ2n) is 1.92. The van der Waals surface area contributed by atoms with Crippen molar-refractivity contribution in [3.63, 3.8) is 0 Å². The highest BCUT2D eigenvalue weighted by atomic mass is 35.5. The standard InChI is InChI=1S/C7H7ClN/c1-5-4-6(8)2-3-7(5)9/h3-4H,9H2,1H3. The lowest BCUT2D eigenvalue weighted by molar-refractivity contribution is 1.47. The van der Waals surface area contributed by atoms with Crippen LogP contribution in [0.2, 0.25) is 5.02 Å². The van der Waals surface area contributed by atoms with E-state index in [4.69, 9.17) is 17.3 Å². The van der Waals surface area contributed by atoms with E-state index in [-0.39, 0.29) is 0 Å². The van der Waals surface area contributed by atoms with Crippen molar-refractivity contribution in [1.82, 2.24) is 0 Å². The van der Waals surface area contributed by atoms with E-state index < -0.39 is 0 Å². The molecule has 2 heteroatoms. The lowest BCUT2D eigenvalue weighted by atomic mass is 10.2. The van der Waals surface area contributed by atoms with Crippen LogP contribution in [-0.4, -0.2) is 0 Å². The molecular weight excluding hydrogens is 134 g/mol. The molecule has 1 aromatic carbocycles. The van der Waals surface area contributed by atoms with Gasteiger partial charge in [0.2, 0.25) is 0 Å². The highest BCUT2D eigenvalue weighted by Gasteiger charge is 1.91. The number of aryl methyl sites for hydroxylation is 1. The van der Waals surface area contributed by atoms with Crippen LogP contribution in [0.5, 0.6) is 0 Å². The monoisotopic (exact) mass is 140 g/mol. The number of nitrogens with two attached hydrogens (primary N) is 1. The SMILES string of the molecule is Cc1cc(Cl)[c]cc1N. The summed E-state index contributed by atoms with van der Waals surface area (Å²) in [5, 5.41) is 0.613. The molecule has 0 atom stereocenters. The molecule has 1 radical (unpaired) electrons. The molecule has 0 fully saturated rings. The molecule has 0 aliphatic carbocycles. The summed E-state index contributed by atoms with van der Waals surface area (Å²) in [6, 6.07) is 6.25. The number of rotatable bonds is 0. The molecule has 1 nitrogen and oxygen atoms in total. The molecule has 0 aromatic heterocycles. The zero-order chi connectivity index (χ0) is 6.85. The molecule has 0 amide bonds. The van der Waals surface area contributed by atoms with Crippen LogP contribution >= 0.6 is 11.6 Å². The van der Waals surface area contributed by atoms with E-state index in [0.717, 1.165) is 11.3 Å². The Morgan fingerprint density at radius 3 is 2.78 bits per heavy atom. The Morgan fingerprint density at radius 2 is 2.33 bits per heavy atom. The van der Waals surface area contributed by atoms with E-state index in [1.807, 2.05) is 6.92 Å². The molecule has 0 bridgehead atoms. The molecule has 0 spiro atoms. The molecule has 0 aliphatic heterocycles. The minimum absolute atomic E-state index is 0.613. The maximum Gasteiger partial charge on any atom is 0.0489 e. The van der Waals surface area contributed by atoms with Gasteiger partial charge in [-0.1, -0.05) is 11.6 Å². The van der Waals surface area contributed by atoms with Crippen molar-refractivity contribution >= 4 is 17.3 Å². The number of benzene rings is 1. The van der Waals surface area contributed by atoms with E-state index in [9.17, 15) is 0 Å². The lowest BCUT2D eigenvalue weighted by Crippen LogP contribution is -1.87. The quantitative estimate of drug-likeness (QED) is 0.549. The first-order chi connectivity index (χ1) is 4.20. The number of hydrogen-bond acceptors (Lipinski definition) is 1. The number of halogens is 1. The summed E-state index contributed by atoms with van der Waals surface area (Å²) in [5.74, 6) is 0. The summed E-state index contributed by atoms with van der Waals surface area (Å²) in [6.45, 7) is 1.91. The smallest absolute Gasteiger partial charge is 0.0489 e. The minimum Gasteiger partial charge on any atom is -0.398 e. The van der Waals surface area contributed by atoms with E-state index in [1.165, 1.54) is 0 Å². The van der Waals surface area contributed by atoms with Gasteiger partial charge in [0, 0.05) is 16.8 Å². The Bertz CT molecular complexity index is 220. The molecule has 1 rings (SSSR count). The van der Waals surface area contributed by atoms with Crippen LogP contribution in [0.25, 0.3) is 0 Å². The van der Waals surface area contributed by atoms with Gasteiger partial charge in [0.1, 0.15) is 0 Å². The van der Waals surface area contributed by atoms with Crippen molar-refractivity contribution in [2.24, 2.45) is 0 Å². The van der Waals surface area contributed by atoms with E-state index in [2.05, 4.69) is 6.07 Å². The fourth-order valence-corrected chi connectivity index (χ4v) is 0.794. The number of hydrogen-bond donors (Lipinski definition) is 1. The fourth-order valence-electron chi connectivity index (χ4n) is 0.576. The second kappa shape index (κ2) is 2.28. The summed E-state index contributed by atoms with van der Waals surface area (Å²) < 4.78 is 0. The van der Waals surface area contributed by atoms with Crippen LogP contribution in [0.15, 0.2) is 12.1 Å². The van der Waals surface area contributed by atoms with E-state index in [1.54, 1.807) is 12.1 Å². The molecule has 0 saturated carbocycles. The maximum absolute atomic E-state index is 5.61. The van der Waals surface area contributed by atoms with Gasteiger partial charge < -0.3 is 5.73 Å². The molecular formula is C7H7ClN. The van der Waals surface area contributed by atoms with Crippen molar-refractivity contribution in [3.05, 3.63) is 28.8 Å². The highest BCUT2D eigenvalue weighted by molar-refractivity contribution is 6.30. The molecule has 2 N–H and O–H groups in total. The van der Waals surface area contributed by atoms with Crippen molar-refractivity contribution in [3.8, 4) is 0 Å². The second-order valence-corrected chi connectivity index (χ2v) is 2.33. The average Bonchev–Trinajstić information content (AvgIpc) is 1.80. The molecule has 0 unspecified atom stereocenters. The van der Waals surface area contributed by atoms with Crippen LogP contribution in [0.3, 0.4) is 0 Å². The fraction of sp³-hybridized carbons (Fsp3) is 0.143. The van der Waals surface area contributed by atoms with Gasteiger partial charge in [-0.2, -0.15) is 0 Å². The normalized spacial score (nSPS) is 9.56. The first kappa shape index (κ1) is 6.43. The van der Waals surface area contributed by atoms with E-state index in [0.29, 0.717) is 5.02 Å². The molecule has 0 aliphatic rings. The van der Waals surface area contributed by atoms with Crippen molar-refractivity contribution in [2.75, 3.05) is 5.73 Å². The zero-order valence-corrected chi connectivity index (χ0v) is 5.87. The summed E-state index contributed by atoms with van der Waals surface area (Å²) >= 11 is 5.61. The summed E-state index contributed by atoms with van der Waals surface area (Å²) in [7, 11) is 0. The molecule has 0 saturated heterocycles. The van der Waals surface area contributed by atoms with Crippen LogP contribution in [0.1, 0.15) is 5.56 Å². The average molecular weight is 141 g/mol. The van der Waals surface area contributed by atoms with E-state index >= 15 is 0 Å². The minimum atomic E-state index is 0.613. The van der Waals surface area contributed by atoms with Crippen molar-refractivity contribution < 1.29 is 0 Å². The summed E-state index contributed by atoms with van der Waals surface area (Å²) in [6.07, 6.45) is 0. The molecule has 9 heavy (non-hydrogen) atoms. The molecule has 47 valence electrons.